The summed E-state index contributed by atoms with van der Waals surface area (Å²) in [5.41, 5.74) is 0. The summed E-state index contributed by atoms with van der Waals surface area (Å²) in [6.07, 6.45) is 35.0. The van der Waals surface area contributed by atoms with Crippen LogP contribution in [-0.4, -0.2) is 68.5 Å². The first kappa shape index (κ1) is 47.0. The number of rotatable bonds is 35. The Morgan fingerprint density at radius 3 is 1.69 bits per heavy atom. The van der Waals surface area contributed by atoms with Crippen LogP contribution >= 0.6 is 7.82 Å². The van der Waals surface area contributed by atoms with Gasteiger partial charge in [0.1, 0.15) is 13.2 Å². The Bertz CT molecular complexity index is 845. The monoisotopic (exact) mass is 701 g/mol. The molecule has 2 N–H and O–H groups in total. The maximum atomic E-state index is 12.8. The van der Waals surface area contributed by atoms with Crippen LogP contribution < -0.4 is 10.2 Å². The van der Waals surface area contributed by atoms with E-state index in [1.54, 1.807) is 6.08 Å². The quantitative estimate of drug-likeness (QED) is 0.0295. The van der Waals surface area contributed by atoms with Gasteiger partial charge in [-0.25, -0.2) is 0 Å². The predicted molar refractivity (Wildman–Crippen MR) is 201 cm³/mol. The van der Waals surface area contributed by atoms with Crippen LogP contribution in [0.15, 0.2) is 24.3 Å². The van der Waals surface area contributed by atoms with E-state index in [1.165, 1.54) is 109 Å². The molecule has 284 valence electrons. The molecule has 0 radical (unpaired) electrons. The third kappa shape index (κ3) is 33.5. The van der Waals surface area contributed by atoms with Gasteiger partial charge in [0.2, 0.25) is 5.91 Å². The molecule has 9 heteroatoms. The number of amides is 1. The third-order valence-electron chi connectivity index (χ3n) is 8.66. The highest BCUT2D eigenvalue weighted by atomic mass is 31.2. The first-order chi connectivity index (χ1) is 23.0. The zero-order chi connectivity index (χ0) is 35.8. The minimum absolute atomic E-state index is 0.00470. The number of aliphatic hydroxyl groups is 1. The number of unbranched alkanes of at least 4 members (excludes halogenated alkanes) is 20. The van der Waals surface area contributed by atoms with Crippen LogP contribution in [-0.2, 0) is 18.4 Å². The van der Waals surface area contributed by atoms with Crippen LogP contribution in [0, 0.1) is 0 Å². The number of nitrogens with one attached hydrogen (secondary N) is 1. The van der Waals surface area contributed by atoms with Crippen molar-refractivity contribution in [1.82, 2.24) is 5.32 Å². The minimum atomic E-state index is -4.58. The standard InChI is InChI=1S/C39H77N2O6P/c1-6-8-10-12-14-16-18-20-21-23-25-27-29-31-33-39(43)40-37(36-47-48(44,45)46-35-34-41(3,4)5)38(42)32-30-28-26-24-22-19-17-15-13-11-9-7-2/h22,24,30,32,37-38,42H,6-21,23,25-29,31,33-36H2,1-5H3,(H-,40,43,44,45)/b24-22+,32-30+. The first-order valence-corrected chi connectivity index (χ1v) is 21.2. The number of quaternary nitrogens is 1. The van der Waals surface area contributed by atoms with Gasteiger partial charge in [-0.15, -0.1) is 0 Å². The molecular formula is C39H77N2O6P. The summed E-state index contributed by atoms with van der Waals surface area (Å²) in [6.45, 7) is 4.59. The van der Waals surface area contributed by atoms with Gasteiger partial charge in [0.05, 0.1) is 39.9 Å². The normalized spacial score (nSPS) is 14.9. The molecule has 0 saturated carbocycles. The number of hydrogen-bond acceptors (Lipinski definition) is 6. The molecule has 0 aliphatic rings. The Balaban J connectivity index is 4.54. The van der Waals surface area contributed by atoms with Crippen molar-refractivity contribution in [1.29, 1.82) is 0 Å². The number of likely N-dealkylation sites (N-methyl/N-ethyl adjacent to an activating group) is 1. The molecule has 3 unspecified atom stereocenters. The average molecular weight is 701 g/mol. The lowest BCUT2D eigenvalue weighted by Crippen LogP contribution is -2.45. The summed E-state index contributed by atoms with van der Waals surface area (Å²) in [6, 6.07) is -0.895. The summed E-state index contributed by atoms with van der Waals surface area (Å²) >= 11 is 0. The summed E-state index contributed by atoms with van der Waals surface area (Å²) in [4.78, 5) is 25.1. The molecule has 0 spiro atoms. The predicted octanol–water partition coefficient (Wildman–Crippen LogP) is 9.55. The fraction of sp³-hybridized carbons (Fsp3) is 0.872. The first-order valence-electron chi connectivity index (χ1n) is 19.7. The Morgan fingerprint density at radius 2 is 1.17 bits per heavy atom. The third-order valence-corrected chi connectivity index (χ3v) is 9.63. The van der Waals surface area contributed by atoms with Crippen LogP contribution in [0.25, 0.3) is 0 Å². The van der Waals surface area contributed by atoms with E-state index in [1.807, 2.05) is 27.2 Å². The molecule has 48 heavy (non-hydrogen) atoms. The molecule has 3 atom stereocenters. The maximum Gasteiger partial charge on any atom is 0.268 e. The summed E-state index contributed by atoms with van der Waals surface area (Å²) in [7, 11) is 1.24. The molecule has 0 aromatic heterocycles. The van der Waals surface area contributed by atoms with Gasteiger partial charge < -0.3 is 28.8 Å². The van der Waals surface area contributed by atoms with Gasteiger partial charge in [0.15, 0.2) is 0 Å². The van der Waals surface area contributed by atoms with E-state index in [9.17, 15) is 19.4 Å². The molecule has 0 aromatic carbocycles. The molecule has 0 aromatic rings. The van der Waals surface area contributed by atoms with Crippen molar-refractivity contribution < 1.29 is 32.9 Å². The second-order valence-corrected chi connectivity index (χ2v) is 16.0. The van der Waals surface area contributed by atoms with Gasteiger partial charge in [0.25, 0.3) is 7.82 Å². The second kappa shape index (κ2) is 31.9. The summed E-state index contributed by atoms with van der Waals surface area (Å²) < 4.78 is 23.1. The fourth-order valence-corrected chi connectivity index (χ4v) is 6.18. The Kier molecular flexibility index (Phi) is 31.2. The topological polar surface area (TPSA) is 108 Å². The van der Waals surface area contributed by atoms with Crippen molar-refractivity contribution in [3.8, 4) is 0 Å². The van der Waals surface area contributed by atoms with E-state index < -0.39 is 20.0 Å². The van der Waals surface area contributed by atoms with E-state index in [2.05, 4.69) is 31.3 Å². The smallest absolute Gasteiger partial charge is 0.268 e. The summed E-state index contributed by atoms with van der Waals surface area (Å²) in [5.74, 6) is -0.209. The van der Waals surface area contributed by atoms with Crippen molar-refractivity contribution in [3.05, 3.63) is 24.3 Å². The number of carbonyl (C=O) groups is 1. The molecular weight excluding hydrogens is 623 g/mol. The minimum Gasteiger partial charge on any atom is -0.756 e. The molecule has 0 fully saturated rings. The van der Waals surface area contributed by atoms with Gasteiger partial charge in [0, 0.05) is 6.42 Å². The summed E-state index contributed by atoms with van der Waals surface area (Å²) in [5, 5.41) is 13.7. The van der Waals surface area contributed by atoms with Gasteiger partial charge in [-0.2, -0.15) is 0 Å². The van der Waals surface area contributed by atoms with Crippen LogP contribution in [0.1, 0.15) is 168 Å². The second-order valence-electron chi connectivity index (χ2n) is 14.6. The van der Waals surface area contributed by atoms with Crippen LogP contribution in [0.5, 0.6) is 0 Å². The van der Waals surface area contributed by atoms with Gasteiger partial charge in [-0.1, -0.05) is 154 Å². The Morgan fingerprint density at radius 1 is 0.708 bits per heavy atom. The van der Waals surface area contributed by atoms with Crippen molar-refractivity contribution >= 4 is 13.7 Å². The number of phosphoric ester groups is 1. The van der Waals surface area contributed by atoms with Crippen molar-refractivity contribution in [2.45, 2.75) is 180 Å². The molecule has 8 nitrogen and oxygen atoms in total. The molecule has 0 aliphatic heterocycles. The maximum absolute atomic E-state index is 12.8. The molecule has 0 saturated heterocycles. The number of phosphoric acid groups is 1. The van der Waals surface area contributed by atoms with E-state index in [0.29, 0.717) is 17.4 Å². The van der Waals surface area contributed by atoms with E-state index in [-0.39, 0.29) is 19.1 Å². The number of carbonyl (C=O) groups excluding carboxylic acids is 1. The van der Waals surface area contributed by atoms with Crippen molar-refractivity contribution in [3.63, 3.8) is 0 Å². The zero-order valence-electron chi connectivity index (χ0n) is 31.9. The number of nitrogens with zero attached hydrogens (tertiary/aromatic N) is 1. The Labute approximate surface area is 296 Å². The number of allylic oxidation sites excluding steroid dienone is 3. The van der Waals surface area contributed by atoms with Crippen LogP contribution in [0.2, 0.25) is 0 Å². The van der Waals surface area contributed by atoms with Crippen LogP contribution in [0.4, 0.5) is 0 Å². The van der Waals surface area contributed by atoms with Crippen LogP contribution in [0.3, 0.4) is 0 Å². The number of hydrogen-bond donors (Lipinski definition) is 2. The Hall–Kier alpha value is -1.02. The molecule has 0 heterocycles. The highest BCUT2D eigenvalue weighted by Crippen LogP contribution is 2.38. The molecule has 0 rings (SSSR count). The highest BCUT2D eigenvalue weighted by molar-refractivity contribution is 7.45. The van der Waals surface area contributed by atoms with Gasteiger partial charge in [-0.05, 0) is 32.1 Å². The van der Waals surface area contributed by atoms with Gasteiger partial charge >= 0.3 is 0 Å². The van der Waals surface area contributed by atoms with Crippen molar-refractivity contribution in [2.75, 3.05) is 40.9 Å². The lowest BCUT2D eigenvalue weighted by atomic mass is 10.0. The molecule has 0 bridgehead atoms. The van der Waals surface area contributed by atoms with Gasteiger partial charge in [-0.3, -0.25) is 9.36 Å². The molecule has 0 aliphatic carbocycles. The largest absolute Gasteiger partial charge is 0.756 e. The number of aliphatic hydroxyl groups excluding tert-OH is 1. The van der Waals surface area contributed by atoms with E-state index >= 15 is 0 Å². The fourth-order valence-electron chi connectivity index (χ4n) is 5.46. The van der Waals surface area contributed by atoms with E-state index in [0.717, 1.165) is 38.5 Å². The highest BCUT2D eigenvalue weighted by Gasteiger charge is 2.23. The zero-order valence-corrected chi connectivity index (χ0v) is 32.8. The van der Waals surface area contributed by atoms with E-state index in [4.69, 9.17) is 9.05 Å². The SMILES string of the molecule is CCCCCCCC/C=C/CC/C=C/C(O)C(COP(=O)([O-])OCC[N+](C)(C)C)NC(=O)CCCCCCCCCCCCCCCC. The van der Waals surface area contributed by atoms with Crippen molar-refractivity contribution in [2.24, 2.45) is 0 Å². The lowest BCUT2D eigenvalue weighted by Gasteiger charge is -2.29. The lowest BCUT2D eigenvalue weighted by molar-refractivity contribution is -0.870. The average Bonchev–Trinajstić information content (AvgIpc) is 3.02. The molecule has 1 amide bonds.